The Bertz CT molecular complexity index is 618. The maximum Gasteiger partial charge on any atom is 0.132 e. The van der Waals surface area contributed by atoms with E-state index in [0.29, 0.717) is 0 Å². The molecule has 1 aliphatic rings. The van der Waals surface area contributed by atoms with Crippen molar-refractivity contribution in [3.63, 3.8) is 0 Å². The summed E-state index contributed by atoms with van der Waals surface area (Å²) >= 11 is 6.12. The minimum absolute atomic E-state index is 0.779. The van der Waals surface area contributed by atoms with Gasteiger partial charge in [0.2, 0.25) is 0 Å². The van der Waals surface area contributed by atoms with Crippen LogP contribution in [-0.4, -0.2) is 31.2 Å². The van der Waals surface area contributed by atoms with Crippen molar-refractivity contribution in [3.05, 3.63) is 34.3 Å². The molecule has 0 amide bonds. The first kappa shape index (κ1) is 12.7. The lowest BCUT2D eigenvalue weighted by Gasteiger charge is -2.30. The maximum atomic E-state index is 6.12. The summed E-state index contributed by atoms with van der Waals surface area (Å²) in [6.07, 6.45) is 0. The fraction of sp³-hybridized carbons (Fsp3) is 0.400. The summed E-state index contributed by atoms with van der Waals surface area (Å²) in [5.41, 5.74) is 3.42. The van der Waals surface area contributed by atoms with Crippen molar-refractivity contribution >= 4 is 28.3 Å². The Hall–Kier alpha value is -1.32. The van der Waals surface area contributed by atoms with Crippen LogP contribution in [0.5, 0.6) is 0 Å². The number of halogens is 1. The van der Waals surface area contributed by atoms with E-state index in [-0.39, 0.29) is 0 Å². The number of benzene rings is 1. The lowest BCUT2D eigenvalue weighted by atomic mass is 10.1. The van der Waals surface area contributed by atoms with Crippen LogP contribution in [0.3, 0.4) is 0 Å². The minimum atomic E-state index is 0.779. The largest absolute Gasteiger partial charge is 0.354 e. The number of anilines is 1. The van der Waals surface area contributed by atoms with E-state index in [1.807, 2.05) is 12.1 Å². The van der Waals surface area contributed by atoms with Crippen molar-refractivity contribution in [2.24, 2.45) is 0 Å². The van der Waals surface area contributed by atoms with Crippen LogP contribution in [0.25, 0.3) is 10.9 Å². The third-order valence-corrected chi connectivity index (χ3v) is 3.87. The SMILES string of the molecule is Cc1cc2cc(Cl)cc(C)c2nc1N1CCNCC1. The third-order valence-electron chi connectivity index (χ3n) is 3.65. The van der Waals surface area contributed by atoms with Crippen LogP contribution in [-0.2, 0) is 0 Å². The number of pyridine rings is 1. The van der Waals surface area contributed by atoms with Crippen molar-refractivity contribution < 1.29 is 0 Å². The Morgan fingerprint density at radius 3 is 2.58 bits per heavy atom. The Kier molecular flexibility index (Phi) is 3.33. The van der Waals surface area contributed by atoms with Gasteiger partial charge in [-0.3, -0.25) is 0 Å². The topological polar surface area (TPSA) is 28.2 Å². The molecule has 0 radical (unpaired) electrons. The zero-order valence-electron chi connectivity index (χ0n) is 11.3. The van der Waals surface area contributed by atoms with E-state index in [1.54, 1.807) is 0 Å². The van der Waals surface area contributed by atoms with Gasteiger partial charge in [0.15, 0.2) is 0 Å². The number of aromatic nitrogens is 1. The normalized spacial score (nSPS) is 16.1. The predicted octanol–water partition coefficient (Wildman–Crippen LogP) is 2.91. The molecule has 100 valence electrons. The Morgan fingerprint density at radius 1 is 1.11 bits per heavy atom. The molecule has 0 aliphatic carbocycles. The summed E-state index contributed by atoms with van der Waals surface area (Å²) in [4.78, 5) is 7.24. The number of piperazine rings is 1. The van der Waals surface area contributed by atoms with Gasteiger partial charge in [-0.05, 0) is 43.2 Å². The van der Waals surface area contributed by atoms with Gasteiger partial charge >= 0.3 is 0 Å². The number of rotatable bonds is 1. The quantitative estimate of drug-likeness (QED) is 0.867. The van der Waals surface area contributed by atoms with Crippen LogP contribution in [0.15, 0.2) is 18.2 Å². The van der Waals surface area contributed by atoms with E-state index in [9.17, 15) is 0 Å². The molecular weight excluding hydrogens is 258 g/mol. The molecule has 0 saturated carbocycles. The van der Waals surface area contributed by atoms with Gasteiger partial charge in [0.25, 0.3) is 0 Å². The molecule has 0 atom stereocenters. The van der Waals surface area contributed by atoms with E-state index >= 15 is 0 Å². The molecule has 3 nitrogen and oxygen atoms in total. The molecule has 1 aromatic carbocycles. The van der Waals surface area contributed by atoms with E-state index in [4.69, 9.17) is 16.6 Å². The molecule has 0 bridgehead atoms. The highest BCUT2D eigenvalue weighted by molar-refractivity contribution is 6.31. The Balaban J connectivity index is 2.12. The van der Waals surface area contributed by atoms with E-state index in [1.165, 1.54) is 5.56 Å². The number of aryl methyl sites for hydroxylation is 2. The summed E-state index contributed by atoms with van der Waals surface area (Å²) < 4.78 is 0. The average Bonchev–Trinajstić information content (AvgIpc) is 2.38. The van der Waals surface area contributed by atoms with Gasteiger partial charge in [-0.2, -0.15) is 0 Å². The zero-order chi connectivity index (χ0) is 13.4. The fourth-order valence-electron chi connectivity index (χ4n) is 2.71. The van der Waals surface area contributed by atoms with E-state index in [0.717, 1.165) is 53.5 Å². The summed E-state index contributed by atoms with van der Waals surface area (Å²) in [6, 6.07) is 6.16. The number of fused-ring (bicyclic) bond motifs is 1. The molecule has 2 aromatic rings. The molecular formula is C15H18ClN3. The van der Waals surface area contributed by atoms with Gasteiger partial charge in [-0.25, -0.2) is 4.98 Å². The summed E-state index contributed by atoms with van der Waals surface area (Å²) in [6.45, 7) is 8.29. The van der Waals surface area contributed by atoms with Crippen LogP contribution < -0.4 is 10.2 Å². The molecule has 19 heavy (non-hydrogen) atoms. The molecule has 1 saturated heterocycles. The number of nitrogens with one attached hydrogen (secondary N) is 1. The highest BCUT2D eigenvalue weighted by Gasteiger charge is 2.15. The maximum absolute atomic E-state index is 6.12. The molecule has 0 unspecified atom stereocenters. The van der Waals surface area contributed by atoms with Crippen molar-refractivity contribution in [1.29, 1.82) is 0 Å². The van der Waals surface area contributed by atoms with Crippen LogP contribution >= 0.6 is 11.6 Å². The van der Waals surface area contributed by atoms with E-state index in [2.05, 4.69) is 30.1 Å². The van der Waals surface area contributed by atoms with Crippen molar-refractivity contribution in [3.8, 4) is 0 Å². The first-order valence-corrected chi connectivity index (χ1v) is 7.06. The highest BCUT2D eigenvalue weighted by Crippen LogP contribution is 2.27. The van der Waals surface area contributed by atoms with Gasteiger partial charge < -0.3 is 10.2 Å². The molecule has 2 heterocycles. The zero-order valence-corrected chi connectivity index (χ0v) is 12.1. The van der Waals surface area contributed by atoms with Gasteiger partial charge in [-0.15, -0.1) is 0 Å². The smallest absolute Gasteiger partial charge is 0.132 e. The monoisotopic (exact) mass is 275 g/mol. The predicted molar refractivity (Wildman–Crippen MR) is 81.3 cm³/mol. The summed E-state index contributed by atoms with van der Waals surface area (Å²) in [5, 5.41) is 5.28. The second-order valence-electron chi connectivity index (χ2n) is 5.16. The second-order valence-corrected chi connectivity index (χ2v) is 5.60. The highest BCUT2D eigenvalue weighted by atomic mass is 35.5. The number of hydrogen-bond donors (Lipinski definition) is 1. The molecule has 1 aromatic heterocycles. The van der Waals surface area contributed by atoms with Crippen LogP contribution in [0.4, 0.5) is 5.82 Å². The fourth-order valence-corrected chi connectivity index (χ4v) is 2.99. The molecule has 3 rings (SSSR count). The van der Waals surface area contributed by atoms with Crippen LogP contribution in [0.2, 0.25) is 5.02 Å². The van der Waals surface area contributed by atoms with Gasteiger partial charge in [0, 0.05) is 36.6 Å². The standard InChI is InChI=1S/C15H18ClN3/c1-10-8-13(16)9-12-7-11(2)15(18-14(10)12)19-5-3-17-4-6-19/h7-9,17H,3-6H2,1-2H3. The molecule has 1 aliphatic heterocycles. The third kappa shape index (κ3) is 2.40. The van der Waals surface area contributed by atoms with Crippen molar-refractivity contribution in [1.82, 2.24) is 10.3 Å². The summed E-state index contributed by atoms with van der Waals surface area (Å²) in [5.74, 6) is 1.11. The summed E-state index contributed by atoms with van der Waals surface area (Å²) in [7, 11) is 0. The van der Waals surface area contributed by atoms with Crippen LogP contribution in [0, 0.1) is 13.8 Å². The number of hydrogen-bond acceptors (Lipinski definition) is 3. The first-order chi connectivity index (χ1) is 9.15. The Morgan fingerprint density at radius 2 is 1.84 bits per heavy atom. The van der Waals surface area contributed by atoms with E-state index < -0.39 is 0 Å². The van der Waals surface area contributed by atoms with Crippen LogP contribution in [0.1, 0.15) is 11.1 Å². The minimum Gasteiger partial charge on any atom is -0.354 e. The lowest BCUT2D eigenvalue weighted by molar-refractivity contribution is 0.584. The first-order valence-electron chi connectivity index (χ1n) is 6.68. The molecule has 0 spiro atoms. The second kappa shape index (κ2) is 4.99. The lowest BCUT2D eigenvalue weighted by Crippen LogP contribution is -2.44. The van der Waals surface area contributed by atoms with Crippen molar-refractivity contribution in [2.45, 2.75) is 13.8 Å². The van der Waals surface area contributed by atoms with Gasteiger partial charge in [0.1, 0.15) is 5.82 Å². The number of nitrogens with zero attached hydrogens (tertiary/aromatic N) is 2. The van der Waals surface area contributed by atoms with Crippen molar-refractivity contribution in [2.75, 3.05) is 31.1 Å². The molecule has 1 N–H and O–H groups in total. The average molecular weight is 276 g/mol. The molecule has 1 fully saturated rings. The van der Waals surface area contributed by atoms with Gasteiger partial charge in [-0.1, -0.05) is 11.6 Å². The molecule has 4 heteroatoms. The van der Waals surface area contributed by atoms with Gasteiger partial charge in [0.05, 0.1) is 5.52 Å². The Labute approximate surface area is 118 Å².